The van der Waals surface area contributed by atoms with Crippen molar-refractivity contribution >= 4 is 51.1 Å². The topological polar surface area (TPSA) is 154 Å². The van der Waals surface area contributed by atoms with Crippen molar-refractivity contribution in [2.24, 2.45) is 0 Å². The van der Waals surface area contributed by atoms with Crippen LogP contribution in [0.2, 0.25) is 0 Å². The summed E-state index contributed by atoms with van der Waals surface area (Å²) >= 11 is 0. The highest BCUT2D eigenvalue weighted by molar-refractivity contribution is 8.76. The molecule has 1 atom stereocenters. The molecule has 15 heteroatoms. The van der Waals surface area contributed by atoms with Crippen molar-refractivity contribution in [3.8, 4) is 11.8 Å². The van der Waals surface area contributed by atoms with Crippen LogP contribution in [0.1, 0.15) is 68.1 Å². The van der Waals surface area contributed by atoms with Crippen LogP contribution < -0.4 is 20.9 Å². The molecule has 3 N–H and O–H groups in total. The normalized spacial score (nSPS) is 15.2. The lowest BCUT2D eigenvalue weighted by atomic mass is 10.0. The van der Waals surface area contributed by atoms with Gasteiger partial charge in [0.2, 0.25) is 17.7 Å². The summed E-state index contributed by atoms with van der Waals surface area (Å²) in [6.45, 7) is 4.88. The Labute approximate surface area is 350 Å². The number of rotatable bonds is 26. The highest BCUT2D eigenvalue weighted by Gasteiger charge is 2.22. The Morgan fingerprint density at radius 3 is 2.02 bits per heavy atom. The van der Waals surface area contributed by atoms with E-state index in [1.807, 2.05) is 48.5 Å². The third kappa shape index (κ3) is 19.6. The molecule has 4 rings (SSSR count). The number of carbonyl (C=O) groups is 4. The lowest BCUT2D eigenvalue weighted by Crippen LogP contribution is -2.34. The molecule has 2 aromatic rings. The Morgan fingerprint density at radius 2 is 1.24 bits per heavy atom. The van der Waals surface area contributed by atoms with E-state index >= 15 is 0 Å². The SMILES string of the molecule is O=C(CCOCCOCCOCCOCCNC(=O)CCC(=O)N1Cc2ccccc2C#Cc2ccccc21)NCCSSCCNC(=O)O[C@@H]1CC/C=C\CCC1. The minimum Gasteiger partial charge on any atom is -0.446 e. The fraction of sp³-hybridized carbons (Fsp3) is 0.535. The molecule has 13 nitrogen and oxygen atoms in total. The second-order valence-electron chi connectivity index (χ2n) is 13.4. The quantitative estimate of drug-likeness (QED) is 0.0484. The van der Waals surface area contributed by atoms with E-state index in [1.165, 1.54) is 0 Å². The first kappa shape index (κ1) is 46.6. The molecule has 0 unspecified atom stereocenters. The van der Waals surface area contributed by atoms with Crippen molar-refractivity contribution in [1.82, 2.24) is 16.0 Å². The second-order valence-corrected chi connectivity index (χ2v) is 16.1. The van der Waals surface area contributed by atoms with E-state index in [0.29, 0.717) is 79.0 Å². The Kier molecular flexibility index (Phi) is 23.5. The van der Waals surface area contributed by atoms with Crippen LogP contribution in [0.25, 0.3) is 0 Å². The summed E-state index contributed by atoms with van der Waals surface area (Å²) in [6, 6.07) is 15.4. The average Bonchev–Trinajstić information content (AvgIpc) is 3.21. The molecule has 0 fully saturated rings. The Balaban J connectivity index is 0.875. The molecule has 1 heterocycles. The van der Waals surface area contributed by atoms with Gasteiger partial charge in [-0.15, -0.1) is 0 Å². The predicted molar refractivity (Wildman–Crippen MR) is 229 cm³/mol. The number of benzene rings is 2. The van der Waals surface area contributed by atoms with Gasteiger partial charge in [-0.25, -0.2) is 4.79 Å². The lowest BCUT2D eigenvalue weighted by molar-refractivity contribution is -0.125. The Bertz CT molecular complexity index is 1650. The molecule has 2 aromatic carbocycles. The molecule has 0 aromatic heterocycles. The highest BCUT2D eigenvalue weighted by atomic mass is 33.1. The molecule has 1 aliphatic carbocycles. The van der Waals surface area contributed by atoms with E-state index in [9.17, 15) is 19.2 Å². The van der Waals surface area contributed by atoms with E-state index in [2.05, 4.69) is 39.9 Å². The van der Waals surface area contributed by atoms with Gasteiger partial charge in [-0.1, -0.05) is 75.9 Å². The third-order valence-electron chi connectivity index (χ3n) is 8.94. The summed E-state index contributed by atoms with van der Waals surface area (Å²) in [7, 11) is 3.30. The summed E-state index contributed by atoms with van der Waals surface area (Å²) in [5.74, 6) is 7.53. The number of allylic oxidation sites excluding steroid dienone is 2. The summed E-state index contributed by atoms with van der Waals surface area (Å²) in [5, 5.41) is 8.51. The van der Waals surface area contributed by atoms with Gasteiger partial charge in [-0.3, -0.25) is 14.4 Å². The number of fused-ring (bicyclic) bond motifs is 2. The molecular formula is C43H58N4O9S2. The number of alkyl carbamates (subject to hydrolysis) is 1. The van der Waals surface area contributed by atoms with Crippen LogP contribution in [-0.4, -0.2) is 114 Å². The Hall–Kier alpha value is -4.04. The molecule has 0 bridgehead atoms. The number of hydrogen-bond donors (Lipinski definition) is 3. The van der Waals surface area contributed by atoms with Gasteiger partial charge < -0.3 is 44.5 Å². The number of para-hydroxylation sites is 1. The predicted octanol–water partition coefficient (Wildman–Crippen LogP) is 5.40. The average molecular weight is 839 g/mol. The monoisotopic (exact) mass is 838 g/mol. The molecule has 316 valence electrons. The molecule has 1 aliphatic heterocycles. The number of anilines is 1. The Morgan fingerprint density at radius 1 is 0.638 bits per heavy atom. The summed E-state index contributed by atoms with van der Waals surface area (Å²) in [4.78, 5) is 51.5. The zero-order valence-electron chi connectivity index (χ0n) is 33.3. The molecule has 0 spiro atoms. The van der Waals surface area contributed by atoms with Crippen LogP contribution in [0.4, 0.5) is 10.5 Å². The van der Waals surface area contributed by atoms with Crippen LogP contribution >= 0.6 is 21.6 Å². The van der Waals surface area contributed by atoms with Crippen molar-refractivity contribution in [3.63, 3.8) is 0 Å². The van der Waals surface area contributed by atoms with Gasteiger partial charge in [0.1, 0.15) is 6.10 Å². The smallest absolute Gasteiger partial charge is 0.407 e. The van der Waals surface area contributed by atoms with Gasteiger partial charge in [0.15, 0.2) is 0 Å². The van der Waals surface area contributed by atoms with Crippen LogP contribution in [0.5, 0.6) is 0 Å². The van der Waals surface area contributed by atoms with Crippen molar-refractivity contribution in [2.45, 2.75) is 64.0 Å². The van der Waals surface area contributed by atoms with Gasteiger partial charge in [0, 0.05) is 61.5 Å². The van der Waals surface area contributed by atoms with Gasteiger partial charge in [0.25, 0.3) is 0 Å². The first-order valence-electron chi connectivity index (χ1n) is 20.2. The molecular weight excluding hydrogens is 781 g/mol. The second kappa shape index (κ2) is 29.2. The first-order valence-corrected chi connectivity index (χ1v) is 22.7. The van der Waals surface area contributed by atoms with E-state index in [4.69, 9.17) is 23.7 Å². The summed E-state index contributed by atoms with van der Waals surface area (Å²) in [6.07, 6.45) is 9.29. The molecule has 2 aliphatic rings. The zero-order chi connectivity index (χ0) is 40.9. The first-order chi connectivity index (χ1) is 28.5. The number of amides is 4. The van der Waals surface area contributed by atoms with Crippen molar-refractivity contribution in [2.75, 3.05) is 88.9 Å². The number of nitrogens with zero attached hydrogens (tertiary/aromatic N) is 1. The van der Waals surface area contributed by atoms with Crippen LogP contribution in [0.15, 0.2) is 60.7 Å². The van der Waals surface area contributed by atoms with Crippen molar-refractivity contribution in [1.29, 1.82) is 0 Å². The van der Waals surface area contributed by atoms with Gasteiger partial charge in [-0.05, 0) is 55.9 Å². The number of nitrogens with one attached hydrogen (secondary N) is 3. The van der Waals surface area contributed by atoms with Crippen molar-refractivity contribution in [3.05, 3.63) is 77.4 Å². The van der Waals surface area contributed by atoms with Crippen LogP contribution in [0.3, 0.4) is 0 Å². The maximum atomic E-state index is 13.3. The summed E-state index contributed by atoms with van der Waals surface area (Å²) < 4.78 is 27.6. The summed E-state index contributed by atoms with van der Waals surface area (Å²) in [5.41, 5.74) is 3.39. The zero-order valence-corrected chi connectivity index (χ0v) is 35.0. The van der Waals surface area contributed by atoms with E-state index in [-0.39, 0.29) is 49.2 Å². The minimum atomic E-state index is -0.343. The fourth-order valence-corrected chi connectivity index (χ4v) is 7.72. The lowest BCUT2D eigenvalue weighted by Gasteiger charge is -2.26. The van der Waals surface area contributed by atoms with E-state index < -0.39 is 0 Å². The standard InChI is InChI=1S/C43H58N4O9S2/c48-40(18-19-42(50)47-34-37-12-7-6-10-35(37)16-17-36-11-8-9-15-39(36)47)44-21-25-53-27-29-55-31-30-54-28-26-52-24-20-41(49)45-22-32-57-58-33-23-46-43(51)56-38-13-4-2-1-3-5-14-38/h1-2,6-12,15,38H,3-5,13-14,18-34H2,(H,44,48)(H,45,49)(H,46,51)/b2-1-/t38-/m1/s1. The number of carbonyl (C=O) groups excluding carboxylic acids is 4. The maximum Gasteiger partial charge on any atom is 0.407 e. The van der Waals surface area contributed by atoms with E-state index in [1.54, 1.807) is 26.5 Å². The van der Waals surface area contributed by atoms with E-state index in [0.717, 1.165) is 66.0 Å². The molecule has 0 radical (unpaired) electrons. The third-order valence-corrected chi connectivity index (χ3v) is 11.3. The molecule has 4 amide bonds. The largest absolute Gasteiger partial charge is 0.446 e. The molecule has 58 heavy (non-hydrogen) atoms. The van der Waals surface area contributed by atoms with Gasteiger partial charge >= 0.3 is 6.09 Å². The van der Waals surface area contributed by atoms with Crippen LogP contribution in [0, 0.1) is 11.8 Å². The molecule has 0 saturated carbocycles. The molecule has 0 saturated heterocycles. The van der Waals surface area contributed by atoms with Crippen molar-refractivity contribution < 1.29 is 42.9 Å². The number of hydrogen-bond acceptors (Lipinski definition) is 11. The van der Waals surface area contributed by atoms with Gasteiger partial charge in [0.05, 0.1) is 65.1 Å². The van der Waals surface area contributed by atoms with Gasteiger partial charge in [-0.2, -0.15) is 0 Å². The maximum absolute atomic E-state index is 13.3. The minimum absolute atomic E-state index is 0.00328. The number of ether oxygens (including phenoxy) is 5. The van der Waals surface area contributed by atoms with Crippen LogP contribution in [-0.2, 0) is 44.6 Å². The fourth-order valence-electron chi connectivity index (χ4n) is 5.91. The highest BCUT2D eigenvalue weighted by Crippen LogP contribution is 2.26.